The first-order chi connectivity index (χ1) is 8.30. The molecule has 102 valence electrons. The molecule has 1 aliphatic rings. The Bertz CT molecular complexity index is 183. The third kappa shape index (κ3) is 7.02. The highest BCUT2D eigenvalue weighted by Crippen LogP contribution is 2.29. The summed E-state index contributed by atoms with van der Waals surface area (Å²) in [6.07, 6.45) is 6.12. The van der Waals surface area contributed by atoms with Crippen LogP contribution in [0.5, 0.6) is 0 Å². The van der Waals surface area contributed by atoms with Crippen molar-refractivity contribution in [3.8, 4) is 0 Å². The Morgan fingerprint density at radius 1 is 1.29 bits per heavy atom. The first-order valence-electron chi connectivity index (χ1n) is 7.36. The maximum atomic E-state index is 9.11. The van der Waals surface area contributed by atoms with E-state index in [-0.39, 0.29) is 0 Å². The van der Waals surface area contributed by atoms with Crippen LogP contribution >= 0.6 is 0 Å². The van der Waals surface area contributed by atoms with E-state index in [0.717, 1.165) is 25.4 Å². The maximum absolute atomic E-state index is 9.11. The van der Waals surface area contributed by atoms with Gasteiger partial charge < -0.3 is 15.3 Å². The van der Waals surface area contributed by atoms with Crippen LogP contribution in [0.2, 0.25) is 0 Å². The number of hydrogen-bond donors (Lipinski definition) is 2. The highest BCUT2D eigenvalue weighted by Gasteiger charge is 2.25. The fourth-order valence-corrected chi connectivity index (χ4v) is 2.31. The first-order valence-corrected chi connectivity index (χ1v) is 7.36. The summed E-state index contributed by atoms with van der Waals surface area (Å²) in [6, 6.07) is 0.463. The number of rotatable bonds is 11. The van der Waals surface area contributed by atoms with Crippen LogP contribution in [0.15, 0.2) is 0 Å². The Morgan fingerprint density at radius 2 is 2.06 bits per heavy atom. The SMILES string of the molecule is CCCNC(CCO)CN(CCC)CC1CC1. The second-order valence-electron chi connectivity index (χ2n) is 5.37. The molecule has 0 heterocycles. The molecule has 2 N–H and O–H groups in total. The monoisotopic (exact) mass is 242 g/mol. The van der Waals surface area contributed by atoms with Crippen molar-refractivity contribution in [2.75, 3.05) is 32.8 Å². The Balaban J connectivity index is 2.29. The summed E-state index contributed by atoms with van der Waals surface area (Å²) in [5, 5.41) is 12.7. The maximum Gasteiger partial charge on any atom is 0.0446 e. The molecule has 1 atom stereocenters. The van der Waals surface area contributed by atoms with Crippen LogP contribution in [0.25, 0.3) is 0 Å². The van der Waals surface area contributed by atoms with E-state index < -0.39 is 0 Å². The molecule has 0 amide bonds. The zero-order chi connectivity index (χ0) is 12.5. The summed E-state index contributed by atoms with van der Waals surface area (Å²) in [6.45, 7) is 9.37. The van der Waals surface area contributed by atoms with E-state index >= 15 is 0 Å². The van der Waals surface area contributed by atoms with E-state index in [1.54, 1.807) is 0 Å². The van der Waals surface area contributed by atoms with Crippen LogP contribution in [0, 0.1) is 5.92 Å². The van der Waals surface area contributed by atoms with Crippen molar-refractivity contribution in [3.63, 3.8) is 0 Å². The summed E-state index contributed by atoms with van der Waals surface area (Å²) in [5.74, 6) is 0.961. The molecule has 1 saturated carbocycles. The van der Waals surface area contributed by atoms with Crippen molar-refractivity contribution in [2.24, 2.45) is 5.92 Å². The predicted molar refractivity (Wildman–Crippen MR) is 73.2 cm³/mol. The van der Waals surface area contributed by atoms with E-state index in [9.17, 15) is 0 Å². The van der Waals surface area contributed by atoms with Gasteiger partial charge in [-0.2, -0.15) is 0 Å². The standard InChI is InChI=1S/C14H30N2O/c1-3-8-15-14(7-10-17)12-16(9-4-2)11-13-5-6-13/h13-15,17H,3-12H2,1-2H3. The molecule has 17 heavy (non-hydrogen) atoms. The van der Waals surface area contributed by atoms with Gasteiger partial charge in [-0.05, 0) is 51.1 Å². The molecule has 1 aliphatic carbocycles. The third-order valence-corrected chi connectivity index (χ3v) is 3.39. The molecule has 0 aromatic heterocycles. The van der Waals surface area contributed by atoms with Crippen LogP contribution in [0.1, 0.15) is 46.0 Å². The normalized spacial score (nSPS) is 17.6. The number of nitrogens with zero attached hydrogens (tertiary/aromatic N) is 1. The van der Waals surface area contributed by atoms with Gasteiger partial charge in [0.05, 0.1) is 0 Å². The zero-order valence-electron chi connectivity index (χ0n) is 11.6. The Morgan fingerprint density at radius 3 is 2.59 bits per heavy atom. The molecule has 1 rings (SSSR count). The summed E-state index contributed by atoms with van der Waals surface area (Å²) in [5.41, 5.74) is 0. The van der Waals surface area contributed by atoms with Gasteiger partial charge in [0.2, 0.25) is 0 Å². The molecule has 0 radical (unpaired) electrons. The average Bonchev–Trinajstić information content (AvgIpc) is 3.10. The summed E-state index contributed by atoms with van der Waals surface area (Å²) >= 11 is 0. The van der Waals surface area contributed by atoms with E-state index in [0.29, 0.717) is 12.6 Å². The molecule has 3 heteroatoms. The van der Waals surface area contributed by atoms with Gasteiger partial charge in [-0.25, -0.2) is 0 Å². The zero-order valence-corrected chi connectivity index (χ0v) is 11.6. The molecule has 0 aromatic rings. The molecule has 1 fully saturated rings. The molecular weight excluding hydrogens is 212 g/mol. The topological polar surface area (TPSA) is 35.5 Å². The largest absolute Gasteiger partial charge is 0.396 e. The van der Waals surface area contributed by atoms with Crippen molar-refractivity contribution in [1.82, 2.24) is 10.2 Å². The highest BCUT2D eigenvalue weighted by molar-refractivity contribution is 4.80. The molecule has 0 aliphatic heterocycles. The van der Waals surface area contributed by atoms with Crippen LogP contribution < -0.4 is 5.32 Å². The van der Waals surface area contributed by atoms with E-state index in [1.807, 2.05) is 0 Å². The number of aliphatic hydroxyl groups excluding tert-OH is 1. The molecule has 1 unspecified atom stereocenters. The van der Waals surface area contributed by atoms with Gasteiger partial charge in [0.15, 0.2) is 0 Å². The average molecular weight is 242 g/mol. The van der Waals surface area contributed by atoms with Crippen LogP contribution in [-0.4, -0.2) is 48.8 Å². The Kier molecular flexibility index (Phi) is 7.82. The van der Waals surface area contributed by atoms with Gasteiger partial charge in [-0.3, -0.25) is 0 Å². The van der Waals surface area contributed by atoms with E-state index in [4.69, 9.17) is 5.11 Å². The molecule has 0 saturated heterocycles. The molecule has 0 aromatic carbocycles. The van der Waals surface area contributed by atoms with Crippen molar-refractivity contribution < 1.29 is 5.11 Å². The van der Waals surface area contributed by atoms with Gasteiger partial charge in [-0.1, -0.05) is 13.8 Å². The molecule has 3 nitrogen and oxygen atoms in total. The summed E-state index contributed by atoms with van der Waals surface area (Å²) in [7, 11) is 0. The minimum Gasteiger partial charge on any atom is -0.396 e. The number of aliphatic hydroxyl groups is 1. The Labute approximate surface area is 107 Å². The first kappa shape index (κ1) is 14.9. The lowest BCUT2D eigenvalue weighted by Crippen LogP contribution is -2.43. The van der Waals surface area contributed by atoms with E-state index in [2.05, 4.69) is 24.1 Å². The molecular formula is C14H30N2O. The fraction of sp³-hybridized carbons (Fsp3) is 1.00. The minimum atomic E-state index is 0.296. The van der Waals surface area contributed by atoms with Crippen LogP contribution in [-0.2, 0) is 0 Å². The van der Waals surface area contributed by atoms with Crippen LogP contribution in [0.4, 0.5) is 0 Å². The molecule has 0 bridgehead atoms. The van der Waals surface area contributed by atoms with Crippen molar-refractivity contribution in [3.05, 3.63) is 0 Å². The lowest BCUT2D eigenvalue weighted by molar-refractivity contribution is 0.202. The lowest BCUT2D eigenvalue weighted by atomic mass is 10.1. The minimum absolute atomic E-state index is 0.296. The van der Waals surface area contributed by atoms with E-state index in [1.165, 1.54) is 38.8 Å². The lowest BCUT2D eigenvalue weighted by Gasteiger charge is -2.27. The van der Waals surface area contributed by atoms with Gasteiger partial charge in [0.1, 0.15) is 0 Å². The molecule has 0 spiro atoms. The van der Waals surface area contributed by atoms with Crippen LogP contribution in [0.3, 0.4) is 0 Å². The van der Waals surface area contributed by atoms with Crippen molar-refractivity contribution in [2.45, 2.75) is 52.0 Å². The fourth-order valence-electron chi connectivity index (χ4n) is 2.31. The summed E-state index contributed by atoms with van der Waals surface area (Å²) in [4.78, 5) is 2.58. The number of nitrogens with one attached hydrogen (secondary N) is 1. The third-order valence-electron chi connectivity index (χ3n) is 3.39. The van der Waals surface area contributed by atoms with Gasteiger partial charge in [0, 0.05) is 25.7 Å². The Hall–Kier alpha value is -0.120. The van der Waals surface area contributed by atoms with Crippen molar-refractivity contribution >= 4 is 0 Å². The van der Waals surface area contributed by atoms with Gasteiger partial charge in [-0.15, -0.1) is 0 Å². The van der Waals surface area contributed by atoms with Crippen molar-refractivity contribution in [1.29, 1.82) is 0 Å². The summed E-state index contributed by atoms with van der Waals surface area (Å²) < 4.78 is 0. The number of hydrogen-bond acceptors (Lipinski definition) is 3. The second kappa shape index (κ2) is 8.90. The van der Waals surface area contributed by atoms with Gasteiger partial charge >= 0.3 is 0 Å². The predicted octanol–water partition coefficient (Wildman–Crippen LogP) is 1.86. The second-order valence-corrected chi connectivity index (χ2v) is 5.37. The highest BCUT2D eigenvalue weighted by atomic mass is 16.3. The van der Waals surface area contributed by atoms with Gasteiger partial charge in [0.25, 0.3) is 0 Å². The smallest absolute Gasteiger partial charge is 0.0446 e. The quantitative estimate of drug-likeness (QED) is 0.580.